The van der Waals surface area contributed by atoms with Gasteiger partial charge in [0.15, 0.2) is 0 Å². The second-order valence-corrected chi connectivity index (χ2v) is 5.44. The third-order valence-electron chi connectivity index (χ3n) is 3.57. The molecule has 3 rings (SSSR count). The summed E-state index contributed by atoms with van der Waals surface area (Å²) < 4.78 is 2.27. The second kappa shape index (κ2) is 5.33. The summed E-state index contributed by atoms with van der Waals surface area (Å²) >= 11 is 6.07. The van der Waals surface area contributed by atoms with Crippen molar-refractivity contribution in [3.63, 3.8) is 0 Å². The lowest BCUT2D eigenvalue weighted by atomic mass is 10.2. The Balaban J connectivity index is 2.24. The number of benzene rings is 1. The highest BCUT2D eigenvalue weighted by atomic mass is 35.5. The van der Waals surface area contributed by atoms with Crippen molar-refractivity contribution in [1.82, 2.24) is 9.55 Å². The maximum Gasteiger partial charge on any atom is 0.138 e. The summed E-state index contributed by atoms with van der Waals surface area (Å²) in [4.78, 5) is 9.53. The van der Waals surface area contributed by atoms with Gasteiger partial charge in [0.05, 0.1) is 5.52 Å². The van der Waals surface area contributed by atoms with Crippen LogP contribution < -0.4 is 5.49 Å². The minimum atomic E-state index is 0.738. The van der Waals surface area contributed by atoms with Gasteiger partial charge in [-0.1, -0.05) is 24.9 Å². The molecule has 3 nitrogen and oxygen atoms in total. The fourth-order valence-corrected chi connectivity index (χ4v) is 2.75. The SMILES string of the molecule is CCCCN=c1c2ccc(Cl)cc2nc2n1CCC2. The molecule has 100 valence electrons. The molecule has 1 aromatic heterocycles. The van der Waals surface area contributed by atoms with Crippen LogP contribution in [0.15, 0.2) is 23.2 Å². The zero-order chi connectivity index (χ0) is 13.2. The predicted molar refractivity (Wildman–Crippen MR) is 78.4 cm³/mol. The van der Waals surface area contributed by atoms with Gasteiger partial charge in [-0.25, -0.2) is 4.98 Å². The molecule has 0 saturated carbocycles. The molecule has 2 heterocycles. The van der Waals surface area contributed by atoms with E-state index in [0.29, 0.717) is 0 Å². The third-order valence-corrected chi connectivity index (χ3v) is 3.81. The van der Waals surface area contributed by atoms with Crippen LogP contribution in [0.3, 0.4) is 0 Å². The van der Waals surface area contributed by atoms with E-state index in [1.54, 1.807) is 0 Å². The first-order chi connectivity index (χ1) is 9.29. The van der Waals surface area contributed by atoms with Crippen molar-refractivity contribution >= 4 is 22.5 Å². The van der Waals surface area contributed by atoms with Gasteiger partial charge in [0.25, 0.3) is 0 Å². The zero-order valence-electron chi connectivity index (χ0n) is 11.2. The fourth-order valence-electron chi connectivity index (χ4n) is 2.59. The Morgan fingerprint density at radius 1 is 1.42 bits per heavy atom. The Hall–Kier alpha value is -1.35. The number of hydrogen-bond donors (Lipinski definition) is 0. The summed E-state index contributed by atoms with van der Waals surface area (Å²) in [6.07, 6.45) is 4.50. The van der Waals surface area contributed by atoms with Crippen molar-refractivity contribution in [1.29, 1.82) is 0 Å². The molecule has 0 aliphatic carbocycles. The van der Waals surface area contributed by atoms with E-state index in [0.717, 1.165) is 59.6 Å². The first kappa shape index (κ1) is 12.7. The van der Waals surface area contributed by atoms with Crippen molar-refractivity contribution in [2.75, 3.05) is 6.54 Å². The molecule has 1 aliphatic heterocycles. The summed E-state index contributed by atoms with van der Waals surface area (Å²) in [5.74, 6) is 1.14. The van der Waals surface area contributed by atoms with Crippen LogP contribution in [-0.4, -0.2) is 16.1 Å². The molecule has 0 spiro atoms. The molecular formula is C15H18ClN3. The van der Waals surface area contributed by atoms with Crippen LogP contribution in [0.1, 0.15) is 32.0 Å². The molecule has 2 aromatic rings. The van der Waals surface area contributed by atoms with E-state index in [1.807, 2.05) is 18.2 Å². The van der Waals surface area contributed by atoms with E-state index < -0.39 is 0 Å². The Kier molecular flexibility index (Phi) is 3.56. The quantitative estimate of drug-likeness (QED) is 0.790. The molecule has 0 fully saturated rings. The van der Waals surface area contributed by atoms with Crippen LogP contribution in [0.2, 0.25) is 5.02 Å². The summed E-state index contributed by atoms with van der Waals surface area (Å²) in [5, 5.41) is 1.86. The lowest BCUT2D eigenvalue weighted by molar-refractivity contribution is 0.686. The normalized spacial score (nSPS) is 15.2. The summed E-state index contributed by atoms with van der Waals surface area (Å²) in [5.41, 5.74) is 2.05. The molecular weight excluding hydrogens is 258 g/mol. The van der Waals surface area contributed by atoms with Crippen molar-refractivity contribution in [3.8, 4) is 0 Å². The van der Waals surface area contributed by atoms with Crippen molar-refractivity contribution < 1.29 is 0 Å². The number of rotatable bonds is 3. The van der Waals surface area contributed by atoms with Gasteiger partial charge in [-0.2, -0.15) is 0 Å². The van der Waals surface area contributed by atoms with Crippen LogP contribution in [0, 0.1) is 0 Å². The molecule has 1 aromatic carbocycles. The zero-order valence-corrected chi connectivity index (χ0v) is 12.0. The standard InChI is InChI=1S/C15H18ClN3/c1-2-3-8-17-15-12-7-6-11(16)10-13(12)18-14-5-4-9-19(14)15/h6-7,10H,2-5,8-9H2,1H3. The van der Waals surface area contributed by atoms with Crippen LogP contribution >= 0.6 is 11.6 Å². The van der Waals surface area contributed by atoms with Crippen LogP contribution in [0.5, 0.6) is 0 Å². The number of aryl methyl sites for hydroxylation is 1. The lowest BCUT2D eigenvalue weighted by Crippen LogP contribution is -2.23. The monoisotopic (exact) mass is 275 g/mol. The molecule has 1 aliphatic rings. The fraction of sp³-hybridized carbons (Fsp3) is 0.467. The van der Waals surface area contributed by atoms with E-state index in [2.05, 4.69) is 11.5 Å². The molecule has 0 atom stereocenters. The Morgan fingerprint density at radius 2 is 2.32 bits per heavy atom. The minimum absolute atomic E-state index is 0.738. The number of hydrogen-bond acceptors (Lipinski definition) is 2. The van der Waals surface area contributed by atoms with Crippen molar-refractivity contribution in [2.45, 2.75) is 39.2 Å². The first-order valence-electron chi connectivity index (χ1n) is 6.99. The topological polar surface area (TPSA) is 30.2 Å². The van der Waals surface area contributed by atoms with Crippen LogP contribution in [0.25, 0.3) is 10.9 Å². The van der Waals surface area contributed by atoms with Gasteiger partial charge in [-0.15, -0.1) is 0 Å². The highest BCUT2D eigenvalue weighted by Crippen LogP contribution is 2.18. The van der Waals surface area contributed by atoms with Gasteiger partial charge in [0.1, 0.15) is 11.3 Å². The lowest BCUT2D eigenvalue weighted by Gasteiger charge is -2.08. The Morgan fingerprint density at radius 3 is 3.16 bits per heavy atom. The molecule has 0 unspecified atom stereocenters. The van der Waals surface area contributed by atoms with E-state index in [4.69, 9.17) is 21.6 Å². The molecule has 0 bridgehead atoms. The van der Waals surface area contributed by atoms with Gasteiger partial charge in [0.2, 0.25) is 0 Å². The van der Waals surface area contributed by atoms with Gasteiger partial charge in [-0.05, 0) is 31.0 Å². The van der Waals surface area contributed by atoms with Crippen molar-refractivity contribution in [2.24, 2.45) is 4.99 Å². The Labute approximate surface area is 118 Å². The second-order valence-electron chi connectivity index (χ2n) is 5.00. The van der Waals surface area contributed by atoms with E-state index >= 15 is 0 Å². The maximum absolute atomic E-state index is 6.07. The number of fused-ring (bicyclic) bond motifs is 2. The highest BCUT2D eigenvalue weighted by molar-refractivity contribution is 6.31. The van der Waals surface area contributed by atoms with E-state index in [9.17, 15) is 0 Å². The van der Waals surface area contributed by atoms with Gasteiger partial charge < -0.3 is 4.57 Å². The highest BCUT2D eigenvalue weighted by Gasteiger charge is 2.14. The minimum Gasteiger partial charge on any atom is -0.314 e. The van der Waals surface area contributed by atoms with Gasteiger partial charge in [0, 0.05) is 29.9 Å². The molecule has 4 heteroatoms. The molecule has 0 N–H and O–H groups in total. The number of unbranched alkanes of at least 4 members (excludes halogenated alkanes) is 1. The largest absolute Gasteiger partial charge is 0.314 e. The van der Waals surface area contributed by atoms with Crippen LogP contribution in [-0.2, 0) is 13.0 Å². The summed E-state index contributed by atoms with van der Waals surface area (Å²) in [6, 6.07) is 5.91. The first-order valence-corrected chi connectivity index (χ1v) is 7.37. The van der Waals surface area contributed by atoms with Gasteiger partial charge in [-0.3, -0.25) is 4.99 Å². The average molecular weight is 276 g/mol. The number of halogens is 1. The Bertz CT molecular complexity index is 673. The van der Waals surface area contributed by atoms with E-state index in [1.165, 1.54) is 6.42 Å². The maximum atomic E-state index is 6.07. The van der Waals surface area contributed by atoms with Crippen LogP contribution in [0.4, 0.5) is 0 Å². The smallest absolute Gasteiger partial charge is 0.138 e. The molecule has 19 heavy (non-hydrogen) atoms. The van der Waals surface area contributed by atoms with Gasteiger partial charge >= 0.3 is 0 Å². The third kappa shape index (κ3) is 2.39. The van der Waals surface area contributed by atoms with E-state index in [-0.39, 0.29) is 0 Å². The summed E-state index contributed by atoms with van der Waals surface area (Å²) in [6.45, 7) is 4.11. The van der Waals surface area contributed by atoms with Crippen molar-refractivity contribution in [3.05, 3.63) is 34.5 Å². The molecule has 0 amide bonds. The number of nitrogens with zero attached hydrogens (tertiary/aromatic N) is 3. The predicted octanol–water partition coefficient (Wildman–Crippen LogP) is 3.34. The summed E-state index contributed by atoms with van der Waals surface area (Å²) in [7, 11) is 0. The molecule has 0 saturated heterocycles. The number of aromatic nitrogens is 2. The average Bonchev–Trinajstić information content (AvgIpc) is 2.85. The molecule has 0 radical (unpaired) electrons.